The molecule has 0 N–H and O–H groups in total. The smallest absolute Gasteiger partial charge is 0.164 e. The van der Waals surface area contributed by atoms with E-state index in [0.717, 1.165) is 33.4 Å². The van der Waals surface area contributed by atoms with Gasteiger partial charge in [0.15, 0.2) is 17.5 Å². The minimum Gasteiger partial charge on any atom is -0.208 e. The van der Waals surface area contributed by atoms with Crippen molar-refractivity contribution in [1.29, 1.82) is 5.26 Å². The maximum Gasteiger partial charge on any atom is 0.164 e. The van der Waals surface area contributed by atoms with Gasteiger partial charge in [-0.2, -0.15) is 5.26 Å². The monoisotopic (exact) mass is 700 g/mol. The molecule has 0 spiro atoms. The number of nitriles is 1. The molecule has 0 amide bonds. The minimum absolute atomic E-state index is 0.596. The average Bonchev–Trinajstić information content (AvgIpc) is 3.58. The van der Waals surface area contributed by atoms with E-state index in [0.29, 0.717) is 23.0 Å². The summed E-state index contributed by atoms with van der Waals surface area (Å²) in [6.07, 6.45) is 0. The normalized spacial score (nSPS) is 14.2. The van der Waals surface area contributed by atoms with E-state index >= 15 is 0 Å². The molecule has 0 saturated carbocycles. The van der Waals surface area contributed by atoms with E-state index < -0.39 is 5.41 Å². The number of hydrogen-bond donors (Lipinski definition) is 0. The molecule has 0 bridgehead atoms. The van der Waals surface area contributed by atoms with E-state index in [-0.39, 0.29) is 0 Å². The third-order valence-corrected chi connectivity index (χ3v) is 10.9. The van der Waals surface area contributed by atoms with Gasteiger partial charge in [-0.1, -0.05) is 182 Å². The molecule has 0 fully saturated rings. The van der Waals surface area contributed by atoms with Gasteiger partial charge in [0.2, 0.25) is 0 Å². The van der Waals surface area contributed by atoms with E-state index in [9.17, 15) is 5.26 Å². The standard InChI is InChI=1S/C51H32N4/c52-33-34-19-21-35(22-20-34)36-23-28-41(29-24-36)51(45-18-10-9-17-44(45)47-43-16-8-7-11-37(43)27-32-46(47)51)42-30-25-40(26-31-42)50-54-48(38-12-3-1-4-13-38)53-49(55-50)39-14-5-2-6-15-39/h1-32H. The Morgan fingerprint density at radius 2 is 0.855 bits per heavy atom. The number of rotatable bonds is 6. The average molecular weight is 701 g/mol. The molecule has 1 atom stereocenters. The first-order valence-corrected chi connectivity index (χ1v) is 18.4. The van der Waals surface area contributed by atoms with Crippen LogP contribution in [0.5, 0.6) is 0 Å². The van der Waals surface area contributed by atoms with Gasteiger partial charge in [0, 0.05) is 16.7 Å². The van der Waals surface area contributed by atoms with Crippen molar-refractivity contribution in [1.82, 2.24) is 15.0 Å². The van der Waals surface area contributed by atoms with Crippen molar-refractivity contribution >= 4 is 10.8 Å². The van der Waals surface area contributed by atoms with Gasteiger partial charge in [0.1, 0.15) is 0 Å². The van der Waals surface area contributed by atoms with Crippen LogP contribution in [0.2, 0.25) is 0 Å². The fourth-order valence-corrected chi connectivity index (χ4v) is 8.29. The first kappa shape index (κ1) is 32.2. The second kappa shape index (κ2) is 13.2. The van der Waals surface area contributed by atoms with Crippen LogP contribution in [0.25, 0.3) is 67.2 Å². The van der Waals surface area contributed by atoms with Gasteiger partial charge in [-0.25, -0.2) is 15.0 Å². The molecule has 9 aromatic rings. The van der Waals surface area contributed by atoms with Crippen LogP contribution in [0, 0.1) is 11.3 Å². The highest BCUT2D eigenvalue weighted by Gasteiger charge is 2.46. The van der Waals surface area contributed by atoms with Gasteiger partial charge < -0.3 is 0 Å². The second-order valence-corrected chi connectivity index (χ2v) is 13.9. The van der Waals surface area contributed by atoms with Gasteiger partial charge in [-0.15, -0.1) is 0 Å². The lowest BCUT2D eigenvalue weighted by Gasteiger charge is -2.34. The molecule has 0 saturated heterocycles. The molecule has 55 heavy (non-hydrogen) atoms. The SMILES string of the molecule is N#Cc1ccc(-c2ccc(C3(c4ccc(-c5nc(-c6ccccc6)nc(-c6ccccc6)n5)cc4)c4ccccc4-c4c3ccc3ccccc43)cc2)cc1. The lowest BCUT2D eigenvalue weighted by molar-refractivity contribution is 0.769. The third-order valence-electron chi connectivity index (χ3n) is 10.9. The van der Waals surface area contributed by atoms with Crippen LogP contribution in [-0.4, -0.2) is 15.0 Å². The zero-order valence-corrected chi connectivity index (χ0v) is 29.8. The van der Waals surface area contributed by atoms with Crippen LogP contribution in [0.1, 0.15) is 27.8 Å². The Labute approximate surface area is 319 Å². The first-order chi connectivity index (χ1) is 27.2. The number of aromatic nitrogens is 3. The summed E-state index contributed by atoms with van der Waals surface area (Å²) in [6.45, 7) is 0. The lowest BCUT2D eigenvalue weighted by Crippen LogP contribution is -2.28. The maximum absolute atomic E-state index is 9.36. The van der Waals surface area contributed by atoms with Gasteiger partial charge in [-0.3, -0.25) is 0 Å². The predicted molar refractivity (Wildman–Crippen MR) is 221 cm³/mol. The van der Waals surface area contributed by atoms with Crippen LogP contribution >= 0.6 is 0 Å². The second-order valence-electron chi connectivity index (χ2n) is 13.9. The van der Waals surface area contributed by atoms with E-state index in [1.165, 1.54) is 38.6 Å². The summed E-state index contributed by atoms with van der Waals surface area (Å²) in [7, 11) is 0. The van der Waals surface area contributed by atoms with Gasteiger partial charge in [0.25, 0.3) is 0 Å². The number of nitrogens with zero attached hydrogens (tertiary/aromatic N) is 4. The molecule has 0 radical (unpaired) electrons. The Balaban J connectivity index is 1.17. The Morgan fingerprint density at radius 3 is 1.44 bits per heavy atom. The van der Waals surface area contributed by atoms with E-state index in [4.69, 9.17) is 15.0 Å². The minimum atomic E-state index is -0.596. The van der Waals surface area contributed by atoms with Gasteiger partial charge in [0.05, 0.1) is 17.0 Å². The number of hydrogen-bond acceptors (Lipinski definition) is 4. The van der Waals surface area contributed by atoms with Gasteiger partial charge in [-0.05, 0) is 67.4 Å². The maximum atomic E-state index is 9.36. The fraction of sp³-hybridized carbons (Fsp3) is 0.0196. The molecule has 256 valence electrons. The molecular formula is C51H32N4. The zero-order chi connectivity index (χ0) is 36.8. The van der Waals surface area contributed by atoms with E-state index in [1.54, 1.807) is 0 Å². The quantitative estimate of drug-likeness (QED) is 0.173. The van der Waals surface area contributed by atoms with Crippen molar-refractivity contribution in [2.45, 2.75) is 5.41 Å². The molecule has 4 heteroatoms. The molecule has 1 aliphatic carbocycles. The van der Waals surface area contributed by atoms with Crippen LogP contribution in [0.3, 0.4) is 0 Å². The molecule has 8 aromatic carbocycles. The third kappa shape index (κ3) is 5.33. The summed E-state index contributed by atoms with van der Waals surface area (Å²) in [6, 6.07) is 70.1. The highest BCUT2D eigenvalue weighted by atomic mass is 15.0. The van der Waals surface area contributed by atoms with Crippen molar-refractivity contribution in [2.24, 2.45) is 0 Å². The largest absolute Gasteiger partial charge is 0.208 e. The fourth-order valence-electron chi connectivity index (χ4n) is 8.29. The van der Waals surface area contributed by atoms with Crippen molar-refractivity contribution in [3.05, 3.63) is 222 Å². The van der Waals surface area contributed by atoms with Crippen LogP contribution in [0.4, 0.5) is 0 Å². The van der Waals surface area contributed by atoms with Crippen molar-refractivity contribution < 1.29 is 0 Å². The Morgan fingerprint density at radius 1 is 0.382 bits per heavy atom. The summed E-state index contributed by atoms with van der Waals surface area (Å²) in [5.74, 6) is 1.90. The molecule has 1 aliphatic rings. The molecule has 0 aliphatic heterocycles. The van der Waals surface area contributed by atoms with E-state index in [2.05, 4.69) is 115 Å². The van der Waals surface area contributed by atoms with E-state index in [1.807, 2.05) is 84.9 Å². The Kier molecular flexibility index (Phi) is 7.71. The number of fused-ring (bicyclic) bond motifs is 5. The lowest BCUT2D eigenvalue weighted by atomic mass is 9.67. The Hall–Kier alpha value is -7.48. The van der Waals surface area contributed by atoms with Crippen LogP contribution in [-0.2, 0) is 5.41 Å². The molecule has 1 heterocycles. The molecule has 1 aromatic heterocycles. The molecular weight excluding hydrogens is 669 g/mol. The van der Waals surface area contributed by atoms with Crippen LogP contribution in [0.15, 0.2) is 194 Å². The Bertz CT molecular complexity index is 2840. The van der Waals surface area contributed by atoms with Crippen molar-refractivity contribution in [2.75, 3.05) is 0 Å². The molecule has 1 unspecified atom stereocenters. The summed E-state index contributed by atoms with van der Waals surface area (Å²) in [5, 5.41) is 11.8. The topological polar surface area (TPSA) is 62.5 Å². The summed E-state index contributed by atoms with van der Waals surface area (Å²) in [4.78, 5) is 14.9. The summed E-state index contributed by atoms with van der Waals surface area (Å²) >= 11 is 0. The molecule has 10 rings (SSSR count). The summed E-state index contributed by atoms with van der Waals surface area (Å²) < 4.78 is 0. The molecule has 4 nitrogen and oxygen atoms in total. The highest BCUT2D eigenvalue weighted by Crippen LogP contribution is 2.58. The predicted octanol–water partition coefficient (Wildman–Crippen LogP) is 11.9. The number of benzene rings is 8. The summed E-state index contributed by atoms with van der Waals surface area (Å²) in [5.41, 5.74) is 12.4. The first-order valence-electron chi connectivity index (χ1n) is 18.4. The zero-order valence-electron chi connectivity index (χ0n) is 29.8. The van der Waals surface area contributed by atoms with Crippen molar-refractivity contribution in [3.63, 3.8) is 0 Å². The van der Waals surface area contributed by atoms with Crippen LogP contribution < -0.4 is 0 Å². The van der Waals surface area contributed by atoms with Gasteiger partial charge >= 0.3 is 0 Å². The van der Waals surface area contributed by atoms with Crippen molar-refractivity contribution in [3.8, 4) is 62.5 Å². The highest BCUT2D eigenvalue weighted by molar-refractivity contribution is 6.04.